The van der Waals surface area contributed by atoms with Gasteiger partial charge in [-0.15, -0.1) is 0 Å². The van der Waals surface area contributed by atoms with Gasteiger partial charge in [-0.1, -0.05) is 29.4 Å². The van der Waals surface area contributed by atoms with Gasteiger partial charge in [0, 0.05) is 10.0 Å². The number of ether oxygens (including phenoxy) is 2. The Kier molecular flexibility index (Phi) is 7.26. The van der Waals surface area contributed by atoms with Crippen LogP contribution in [-0.4, -0.2) is 18.7 Å². The van der Waals surface area contributed by atoms with Crippen molar-refractivity contribution >= 4 is 53.8 Å². The first-order chi connectivity index (χ1) is 9.35. The molecule has 0 amide bonds. The molecule has 20 heavy (non-hydrogen) atoms. The third kappa shape index (κ3) is 5.22. The molecule has 1 rings (SSSR count). The average Bonchev–Trinajstić information content (AvgIpc) is 2.36. The normalized spacial score (nSPS) is 11.8. The van der Waals surface area contributed by atoms with E-state index in [1.165, 1.54) is 0 Å². The molecule has 0 aliphatic rings. The fourth-order valence-corrected chi connectivity index (χ4v) is 3.78. The maximum Gasteiger partial charge on any atom is 0.333 e. The van der Waals surface area contributed by atoms with Gasteiger partial charge in [0.2, 0.25) is 0 Å². The summed E-state index contributed by atoms with van der Waals surface area (Å²) in [6.07, 6.45) is 0.505. The van der Waals surface area contributed by atoms with Crippen LogP contribution in [0.4, 0.5) is 0 Å². The van der Waals surface area contributed by atoms with Gasteiger partial charge < -0.3 is 9.47 Å². The van der Waals surface area contributed by atoms with Crippen LogP contribution >= 0.6 is 47.8 Å². The highest BCUT2D eigenvalue weighted by atomic mass is 79.9. The molecule has 0 bridgehead atoms. The van der Waals surface area contributed by atoms with E-state index < -0.39 is 5.97 Å². The van der Waals surface area contributed by atoms with E-state index in [1.807, 2.05) is 19.1 Å². The highest BCUT2D eigenvalue weighted by molar-refractivity contribution is 9.11. The van der Waals surface area contributed by atoms with Crippen LogP contribution in [0.5, 0.6) is 5.75 Å². The van der Waals surface area contributed by atoms with Gasteiger partial charge in [-0.2, -0.15) is 0 Å². The largest absolute Gasteiger partial charge is 0.485 e. The van der Waals surface area contributed by atoms with Gasteiger partial charge in [0.15, 0.2) is 0 Å². The highest BCUT2D eigenvalue weighted by Gasteiger charge is 2.16. The lowest BCUT2D eigenvalue weighted by molar-refractivity contribution is -0.141. The van der Waals surface area contributed by atoms with E-state index >= 15 is 0 Å². The summed E-state index contributed by atoms with van der Waals surface area (Å²) in [7, 11) is 0. The molecule has 1 aromatic carbocycles. The monoisotopic (exact) mass is 468 g/mol. The molecule has 1 aromatic rings. The molecule has 1 atom stereocenters. The zero-order valence-corrected chi connectivity index (χ0v) is 16.0. The SMILES string of the molecule is C=C(C)C(=O)OCC(CC)Oc1c(Br)cc(Br)cc1Br. The lowest BCUT2D eigenvalue weighted by Gasteiger charge is -2.19. The smallest absolute Gasteiger partial charge is 0.333 e. The van der Waals surface area contributed by atoms with Crippen molar-refractivity contribution in [3.05, 3.63) is 37.7 Å². The molecule has 1 unspecified atom stereocenters. The molecule has 0 heterocycles. The van der Waals surface area contributed by atoms with E-state index in [-0.39, 0.29) is 12.7 Å². The number of hydrogen-bond donors (Lipinski definition) is 0. The summed E-state index contributed by atoms with van der Waals surface area (Å²) in [5.74, 6) is 0.285. The van der Waals surface area contributed by atoms with Crippen molar-refractivity contribution in [1.29, 1.82) is 0 Å². The standard InChI is InChI=1S/C14H15Br3O3/c1-4-10(7-19-14(18)8(2)3)20-13-11(16)5-9(15)6-12(13)17/h5-6,10H,2,4,7H2,1,3H3. The predicted molar refractivity (Wildman–Crippen MR) is 90.0 cm³/mol. The van der Waals surface area contributed by atoms with E-state index in [0.29, 0.717) is 11.3 Å². The first-order valence-electron chi connectivity index (χ1n) is 5.99. The molecule has 3 nitrogen and oxygen atoms in total. The molecule has 0 aliphatic carbocycles. The summed E-state index contributed by atoms with van der Waals surface area (Å²) < 4.78 is 13.6. The fourth-order valence-electron chi connectivity index (χ4n) is 1.34. The number of benzene rings is 1. The minimum absolute atomic E-state index is 0.192. The topological polar surface area (TPSA) is 35.5 Å². The third-order valence-corrected chi connectivity index (χ3v) is 4.09. The molecule has 6 heteroatoms. The molecule has 0 aromatic heterocycles. The van der Waals surface area contributed by atoms with E-state index in [0.717, 1.165) is 19.8 Å². The molecule has 110 valence electrons. The highest BCUT2D eigenvalue weighted by Crippen LogP contribution is 2.37. The maximum absolute atomic E-state index is 11.4. The van der Waals surface area contributed by atoms with Crippen LogP contribution in [0.3, 0.4) is 0 Å². The molecule has 0 aliphatic heterocycles. The Hall–Kier alpha value is -0.330. The minimum atomic E-state index is -0.402. The number of rotatable bonds is 6. The summed E-state index contributed by atoms with van der Waals surface area (Å²) in [5.41, 5.74) is 0.380. The number of hydrogen-bond acceptors (Lipinski definition) is 3. The molecule has 0 spiro atoms. The Balaban J connectivity index is 2.74. The van der Waals surface area contributed by atoms with Gasteiger partial charge in [0.25, 0.3) is 0 Å². The number of esters is 1. The van der Waals surface area contributed by atoms with Crippen LogP contribution < -0.4 is 4.74 Å². The summed E-state index contributed by atoms with van der Waals surface area (Å²) in [6.45, 7) is 7.33. The Morgan fingerprint density at radius 2 is 1.85 bits per heavy atom. The second-order valence-corrected chi connectivity index (χ2v) is 6.85. The summed E-state index contributed by atoms with van der Waals surface area (Å²) in [4.78, 5) is 11.4. The van der Waals surface area contributed by atoms with Crippen molar-refractivity contribution in [2.24, 2.45) is 0 Å². The Morgan fingerprint density at radius 3 is 2.30 bits per heavy atom. The van der Waals surface area contributed by atoms with Crippen LogP contribution in [0.2, 0.25) is 0 Å². The van der Waals surface area contributed by atoms with Crippen LogP contribution in [0.1, 0.15) is 20.3 Å². The zero-order valence-electron chi connectivity index (χ0n) is 11.2. The third-order valence-electron chi connectivity index (χ3n) is 2.45. The Bertz CT molecular complexity index is 491. The quantitative estimate of drug-likeness (QED) is 0.420. The van der Waals surface area contributed by atoms with Crippen LogP contribution in [0.15, 0.2) is 37.7 Å². The lowest BCUT2D eigenvalue weighted by Crippen LogP contribution is -2.24. The molecular weight excluding hydrogens is 456 g/mol. The first kappa shape index (κ1) is 17.7. The van der Waals surface area contributed by atoms with Crippen LogP contribution in [-0.2, 0) is 9.53 Å². The lowest BCUT2D eigenvalue weighted by atomic mass is 10.3. The molecule has 0 saturated carbocycles. The van der Waals surface area contributed by atoms with Gasteiger partial charge in [0.1, 0.15) is 18.5 Å². The fraction of sp³-hybridized carbons (Fsp3) is 0.357. The summed E-state index contributed by atoms with van der Waals surface area (Å²) in [6, 6.07) is 3.79. The van der Waals surface area contributed by atoms with E-state index in [1.54, 1.807) is 6.92 Å². The number of carbonyl (C=O) groups is 1. The second-order valence-electron chi connectivity index (χ2n) is 4.23. The van der Waals surface area contributed by atoms with E-state index in [9.17, 15) is 4.79 Å². The molecule has 0 radical (unpaired) electrons. The Morgan fingerprint density at radius 1 is 1.30 bits per heavy atom. The van der Waals surface area contributed by atoms with E-state index in [2.05, 4.69) is 54.4 Å². The minimum Gasteiger partial charge on any atom is -0.485 e. The van der Waals surface area contributed by atoms with Gasteiger partial charge in [0.05, 0.1) is 8.95 Å². The van der Waals surface area contributed by atoms with Crippen LogP contribution in [0.25, 0.3) is 0 Å². The van der Waals surface area contributed by atoms with Gasteiger partial charge >= 0.3 is 5.97 Å². The predicted octanol–water partition coefficient (Wildman–Crippen LogP) is 5.25. The molecule has 0 fully saturated rings. The first-order valence-corrected chi connectivity index (χ1v) is 8.36. The van der Waals surface area contributed by atoms with Gasteiger partial charge in [-0.25, -0.2) is 4.79 Å². The van der Waals surface area contributed by atoms with Gasteiger partial charge in [-0.05, 0) is 57.3 Å². The van der Waals surface area contributed by atoms with Crippen molar-refractivity contribution in [2.75, 3.05) is 6.61 Å². The van der Waals surface area contributed by atoms with Crippen molar-refractivity contribution in [3.63, 3.8) is 0 Å². The van der Waals surface area contributed by atoms with Gasteiger partial charge in [-0.3, -0.25) is 0 Å². The van der Waals surface area contributed by atoms with Crippen molar-refractivity contribution in [2.45, 2.75) is 26.4 Å². The van der Waals surface area contributed by atoms with E-state index in [4.69, 9.17) is 9.47 Å². The molecular formula is C14H15Br3O3. The van der Waals surface area contributed by atoms with Crippen molar-refractivity contribution in [3.8, 4) is 5.75 Å². The second kappa shape index (κ2) is 8.20. The molecule has 0 saturated heterocycles. The summed E-state index contributed by atoms with van der Waals surface area (Å²) >= 11 is 10.3. The maximum atomic E-state index is 11.4. The van der Waals surface area contributed by atoms with Crippen LogP contribution in [0, 0.1) is 0 Å². The average molecular weight is 471 g/mol. The number of halogens is 3. The number of carbonyl (C=O) groups excluding carboxylic acids is 1. The zero-order chi connectivity index (χ0) is 15.3. The Labute approximate surface area is 144 Å². The van der Waals surface area contributed by atoms with Crippen molar-refractivity contribution in [1.82, 2.24) is 0 Å². The summed E-state index contributed by atoms with van der Waals surface area (Å²) in [5, 5.41) is 0. The van der Waals surface area contributed by atoms with Crippen molar-refractivity contribution < 1.29 is 14.3 Å². The molecule has 0 N–H and O–H groups in total.